The van der Waals surface area contributed by atoms with E-state index in [1.54, 1.807) is 37.3 Å². The molecule has 0 bridgehead atoms. The summed E-state index contributed by atoms with van der Waals surface area (Å²) in [6.07, 6.45) is -0.991. The number of methoxy groups -OCH3 is 2. The summed E-state index contributed by atoms with van der Waals surface area (Å²) in [7, 11) is 3.05. The van der Waals surface area contributed by atoms with Crippen molar-refractivity contribution in [3.8, 4) is 28.6 Å². The Kier molecular flexibility index (Phi) is 6.30. The second-order valence-corrected chi connectivity index (χ2v) is 6.67. The van der Waals surface area contributed by atoms with Gasteiger partial charge < -0.3 is 23.4 Å². The van der Waals surface area contributed by atoms with Gasteiger partial charge in [-0.3, -0.25) is 4.79 Å². The molecule has 1 aromatic heterocycles. The van der Waals surface area contributed by atoms with Crippen molar-refractivity contribution in [2.45, 2.75) is 26.9 Å². The highest BCUT2D eigenvalue weighted by atomic mass is 16.6. The standard InChI is InChI=1S/C23H24O7/c1-6-28-23(25)14(3)29-22-20(24)16-9-7-13(2)11-18(16)30-21(22)15-8-10-17(26-4)19(12-15)27-5/h7-12,14H,6H2,1-5H3/t14-/m1/s1. The molecule has 0 unspecified atom stereocenters. The minimum absolute atomic E-state index is 0.0703. The van der Waals surface area contributed by atoms with Crippen LogP contribution in [0, 0.1) is 6.92 Å². The molecule has 2 aromatic carbocycles. The fourth-order valence-corrected chi connectivity index (χ4v) is 3.04. The monoisotopic (exact) mass is 412 g/mol. The summed E-state index contributed by atoms with van der Waals surface area (Å²) < 4.78 is 27.5. The first-order valence-corrected chi connectivity index (χ1v) is 9.52. The summed E-state index contributed by atoms with van der Waals surface area (Å²) >= 11 is 0. The largest absolute Gasteiger partial charge is 0.493 e. The summed E-state index contributed by atoms with van der Waals surface area (Å²) in [5.41, 5.74) is 1.52. The van der Waals surface area contributed by atoms with Crippen LogP contribution in [0.25, 0.3) is 22.3 Å². The number of carbonyl (C=O) groups is 1. The molecule has 3 rings (SSSR count). The lowest BCUT2D eigenvalue weighted by Gasteiger charge is -2.17. The normalized spacial score (nSPS) is 11.8. The van der Waals surface area contributed by atoms with Crippen LogP contribution in [0.15, 0.2) is 45.6 Å². The van der Waals surface area contributed by atoms with Crippen LogP contribution in [0.5, 0.6) is 17.2 Å². The molecule has 158 valence electrons. The molecule has 0 spiro atoms. The van der Waals surface area contributed by atoms with E-state index in [1.165, 1.54) is 21.1 Å². The van der Waals surface area contributed by atoms with Crippen molar-refractivity contribution in [2.24, 2.45) is 0 Å². The van der Waals surface area contributed by atoms with Crippen molar-refractivity contribution in [3.05, 3.63) is 52.2 Å². The molecule has 0 N–H and O–H groups in total. The third-order valence-electron chi connectivity index (χ3n) is 4.57. The number of esters is 1. The van der Waals surface area contributed by atoms with Gasteiger partial charge in [-0.2, -0.15) is 0 Å². The molecule has 7 heteroatoms. The number of carbonyl (C=O) groups excluding carboxylic acids is 1. The Morgan fingerprint density at radius 3 is 2.47 bits per heavy atom. The summed E-state index contributed by atoms with van der Waals surface area (Å²) in [5, 5.41) is 0.357. The number of ether oxygens (including phenoxy) is 4. The van der Waals surface area contributed by atoms with Crippen LogP contribution in [0.1, 0.15) is 19.4 Å². The van der Waals surface area contributed by atoms with Gasteiger partial charge in [0.05, 0.1) is 26.2 Å². The molecule has 7 nitrogen and oxygen atoms in total. The number of aryl methyl sites for hydroxylation is 1. The van der Waals surface area contributed by atoms with Gasteiger partial charge in [-0.15, -0.1) is 0 Å². The summed E-state index contributed by atoms with van der Waals surface area (Å²) in [4.78, 5) is 25.3. The zero-order chi connectivity index (χ0) is 21.8. The van der Waals surface area contributed by atoms with E-state index in [0.717, 1.165) is 5.56 Å². The second-order valence-electron chi connectivity index (χ2n) is 6.67. The number of rotatable bonds is 7. The van der Waals surface area contributed by atoms with E-state index >= 15 is 0 Å². The van der Waals surface area contributed by atoms with Crippen LogP contribution in [-0.4, -0.2) is 32.9 Å². The average Bonchev–Trinajstić information content (AvgIpc) is 2.74. The van der Waals surface area contributed by atoms with Crippen LogP contribution in [0.4, 0.5) is 0 Å². The van der Waals surface area contributed by atoms with Gasteiger partial charge in [0.25, 0.3) is 0 Å². The van der Waals surface area contributed by atoms with Gasteiger partial charge in [-0.05, 0) is 56.7 Å². The summed E-state index contributed by atoms with van der Waals surface area (Å²) in [5.74, 6) is 0.544. The highest BCUT2D eigenvalue weighted by Crippen LogP contribution is 2.37. The Morgan fingerprint density at radius 2 is 1.80 bits per heavy atom. The first-order chi connectivity index (χ1) is 14.4. The molecular weight excluding hydrogens is 388 g/mol. The average molecular weight is 412 g/mol. The van der Waals surface area contributed by atoms with E-state index < -0.39 is 12.1 Å². The van der Waals surface area contributed by atoms with Gasteiger partial charge in [0.2, 0.25) is 11.2 Å². The number of hydrogen-bond acceptors (Lipinski definition) is 7. The van der Waals surface area contributed by atoms with E-state index in [2.05, 4.69) is 0 Å². The zero-order valence-electron chi connectivity index (χ0n) is 17.6. The molecule has 0 saturated carbocycles. The van der Waals surface area contributed by atoms with Gasteiger partial charge >= 0.3 is 5.97 Å². The van der Waals surface area contributed by atoms with Gasteiger partial charge in [0.15, 0.2) is 23.4 Å². The predicted octanol–water partition coefficient (Wildman–Crippen LogP) is 4.12. The number of hydrogen-bond donors (Lipinski definition) is 0. The van der Waals surface area contributed by atoms with E-state index in [9.17, 15) is 9.59 Å². The maximum Gasteiger partial charge on any atom is 0.347 e. The van der Waals surface area contributed by atoms with Gasteiger partial charge in [-0.25, -0.2) is 4.79 Å². The third kappa shape index (κ3) is 4.10. The predicted molar refractivity (Wildman–Crippen MR) is 112 cm³/mol. The second kappa shape index (κ2) is 8.90. The fourth-order valence-electron chi connectivity index (χ4n) is 3.04. The topological polar surface area (TPSA) is 84.2 Å². The Hall–Kier alpha value is -3.48. The molecule has 3 aromatic rings. The minimum atomic E-state index is -0.991. The van der Waals surface area contributed by atoms with Crippen molar-refractivity contribution in [1.29, 1.82) is 0 Å². The molecular formula is C23H24O7. The SMILES string of the molecule is CCOC(=O)[C@@H](C)Oc1c(-c2ccc(OC)c(OC)c2)oc2cc(C)ccc2c1=O. The van der Waals surface area contributed by atoms with Crippen LogP contribution < -0.4 is 19.6 Å². The molecule has 1 atom stereocenters. The first-order valence-electron chi connectivity index (χ1n) is 9.52. The lowest BCUT2D eigenvalue weighted by Crippen LogP contribution is -2.28. The smallest absolute Gasteiger partial charge is 0.347 e. The van der Waals surface area contributed by atoms with Crippen LogP contribution in [0.2, 0.25) is 0 Å². The molecule has 30 heavy (non-hydrogen) atoms. The lowest BCUT2D eigenvalue weighted by molar-refractivity contribution is -0.150. The Labute approximate surface area is 174 Å². The third-order valence-corrected chi connectivity index (χ3v) is 4.57. The molecule has 0 aliphatic rings. The minimum Gasteiger partial charge on any atom is -0.493 e. The van der Waals surface area contributed by atoms with Crippen LogP contribution >= 0.6 is 0 Å². The van der Waals surface area contributed by atoms with Crippen LogP contribution in [0.3, 0.4) is 0 Å². The molecule has 0 fully saturated rings. The lowest BCUT2D eigenvalue weighted by atomic mass is 10.1. The number of benzene rings is 2. The molecule has 1 heterocycles. The van der Waals surface area contributed by atoms with Crippen LogP contribution in [-0.2, 0) is 9.53 Å². The van der Waals surface area contributed by atoms with E-state index in [-0.39, 0.29) is 23.5 Å². The molecule has 0 aliphatic heterocycles. The zero-order valence-corrected chi connectivity index (χ0v) is 17.6. The van der Waals surface area contributed by atoms with Crippen molar-refractivity contribution in [3.63, 3.8) is 0 Å². The first kappa shape index (κ1) is 21.2. The molecule has 0 amide bonds. The summed E-state index contributed by atoms with van der Waals surface area (Å²) in [6, 6.07) is 10.4. The van der Waals surface area contributed by atoms with Crippen molar-refractivity contribution in [1.82, 2.24) is 0 Å². The van der Waals surface area contributed by atoms with E-state index in [1.807, 2.05) is 13.0 Å². The number of fused-ring (bicyclic) bond motifs is 1. The van der Waals surface area contributed by atoms with E-state index in [0.29, 0.717) is 28.0 Å². The fraction of sp³-hybridized carbons (Fsp3) is 0.304. The van der Waals surface area contributed by atoms with Crippen molar-refractivity contribution >= 4 is 16.9 Å². The van der Waals surface area contributed by atoms with Gasteiger partial charge in [0, 0.05) is 5.56 Å². The molecule has 0 aliphatic carbocycles. The Balaban J connectivity index is 2.22. The Morgan fingerprint density at radius 1 is 1.07 bits per heavy atom. The molecule has 0 saturated heterocycles. The van der Waals surface area contributed by atoms with Crippen molar-refractivity contribution in [2.75, 3.05) is 20.8 Å². The summed E-state index contributed by atoms with van der Waals surface area (Å²) in [6.45, 7) is 5.34. The van der Waals surface area contributed by atoms with E-state index in [4.69, 9.17) is 23.4 Å². The van der Waals surface area contributed by atoms with Crippen molar-refractivity contribution < 1.29 is 28.2 Å². The highest BCUT2D eigenvalue weighted by Gasteiger charge is 2.24. The van der Waals surface area contributed by atoms with Gasteiger partial charge in [0.1, 0.15) is 5.58 Å². The highest BCUT2D eigenvalue weighted by molar-refractivity contribution is 5.83. The molecule has 0 radical (unpaired) electrons. The maximum atomic E-state index is 13.2. The maximum absolute atomic E-state index is 13.2. The van der Waals surface area contributed by atoms with Gasteiger partial charge in [-0.1, -0.05) is 6.07 Å². The quantitative estimate of drug-likeness (QED) is 0.540. The Bertz CT molecular complexity index is 1130.